The van der Waals surface area contributed by atoms with Crippen LogP contribution < -0.4 is 4.74 Å². The lowest BCUT2D eigenvalue weighted by Gasteiger charge is -2.14. The fourth-order valence-electron chi connectivity index (χ4n) is 1.65. The van der Waals surface area contributed by atoms with Crippen molar-refractivity contribution in [3.8, 4) is 11.8 Å². The van der Waals surface area contributed by atoms with Crippen LogP contribution in [0.5, 0.6) is 5.75 Å². The van der Waals surface area contributed by atoms with Crippen LogP contribution in [-0.4, -0.2) is 6.61 Å². The molecule has 0 saturated heterocycles. The molecule has 4 heteroatoms. The molecule has 1 aromatic carbocycles. The van der Waals surface area contributed by atoms with Crippen LogP contribution in [-0.2, 0) is 5.33 Å². The van der Waals surface area contributed by atoms with Gasteiger partial charge in [0.2, 0.25) is 0 Å². The molecule has 1 rings (SSSR count). The quantitative estimate of drug-likeness (QED) is 0.531. The number of benzene rings is 1. The second-order valence-electron chi connectivity index (χ2n) is 5.20. The van der Waals surface area contributed by atoms with Crippen molar-refractivity contribution in [1.82, 2.24) is 0 Å². The highest BCUT2D eigenvalue weighted by molar-refractivity contribution is 9.08. The zero-order valence-corrected chi connectivity index (χ0v) is 13.0. The minimum atomic E-state index is -0.325. The lowest BCUT2D eigenvalue weighted by Crippen LogP contribution is -2.08. The van der Waals surface area contributed by atoms with E-state index in [4.69, 9.17) is 10.00 Å². The molecule has 19 heavy (non-hydrogen) atoms. The van der Waals surface area contributed by atoms with E-state index in [0.29, 0.717) is 17.7 Å². The Morgan fingerprint density at radius 1 is 1.37 bits per heavy atom. The molecule has 0 fully saturated rings. The maximum Gasteiger partial charge on any atom is 0.165 e. The van der Waals surface area contributed by atoms with Crippen molar-refractivity contribution >= 4 is 15.9 Å². The molecule has 1 aromatic rings. The minimum absolute atomic E-state index is 0.289. The van der Waals surface area contributed by atoms with Crippen LogP contribution in [0.2, 0.25) is 0 Å². The summed E-state index contributed by atoms with van der Waals surface area (Å²) in [6, 6.07) is 7.24. The number of hydrogen-bond acceptors (Lipinski definition) is 2. The molecule has 0 bridgehead atoms. The Bertz CT molecular complexity index is 454. The van der Waals surface area contributed by atoms with E-state index in [-0.39, 0.29) is 11.2 Å². The van der Waals surface area contributed by atoms with Gasteiger partial charge in [-0.3, -0.25) is 0 Å². The molecule has 0 aliphatic rings. The summed E-state index contributed by atoms with van der Waals surface area (Å²) >= 11 is 3.28. The van der Waals surface area contributed by atoms with Crippen LogP contribution in [0.15, 0.2) is 18.2 Å². The van der Waals surface area contributed by atoms with Gasteiger partial charge in [-0.25, -0.2) is 4.39 Å². The molecule has 104 valence electrons. The SMILES string of the molecule is CC(C)(C#N)CCCCOc1ccc(CBr)cc1F. The molecule has 0 radical (unpaired) electrons. The summed E-state index contributed by atoms with van der Waals surface area (Å²) in [5, 5.41) is 9.51. The Morgan fingerprint density at radius 3 is 2.68 bits per heavy atom. The number of rotatable bonds is 7. The molecule has 0 saturated carbocycles. The van der Waals surface area contributed by atoms with E-state index in [1.54, 1.807) is 6.07 Å². The van der Waals surface area contributed by atoms with Gasteiger partial charge >= 0.3 is 0 Å². The Morgan fingerprint density at radius 2 is 2.11 bits per heavy atom. The topological polar surface area (TPSA) is 33.0 Å². The number of alkyl halides is 1. The maximum atomic E-state index is 13.6. The van der Waals surface area contributed by atoms with Gasteiger partial charge in [0, 0.05) is 5.33 Å². The highest BCUT2D eigenvalue weighted by Crippen LogP contribution is 2.23. The van der Waals surface area contributed by atoms with Crippen molar-refractivity contribution in [3.05, 3.63) is 29.6 Å². The molecular weight excluding hydrogens is 309 g/mol. The monoisotopic (exact) mass is 327 g/mol. The van der Waals surface area contributed by atoms with Crippen LogP contribution in [0.1, 0.15) is 38.7 Å². The number of nitrogens with zero attached hydrogens (tertiary/aromatic N) is 1. The van der Waals surface area contributed by atoms with E-state index >= 15 is 0 Å². The number of halogens is 2. The molecule has 0 aliphatic carbocycles. The number of ether oxygens (including phenoxy) is 1. The maximum absolute atomic E-state index is 13.6. The van der Waals surface area contributed by atoms with Gasteiger partial charge in [0.15, 0.2) is 11.6 Å². The summed E-state index contributed by atoms with van der Waals surface area (Å²) in [5.74, 6) is -0.0291. The van der Waals surface area contributed by atoms with Crippen molar-refractivity contribution in [2.45, 2.75) is 38.4 Å². The molecule has 0 heterocycles. The Kier molecular flexibility index (Phi) is 6.30. The van der Waals surface area contributed by atoms with E-state index < -0.39 is 0 Å². The van der Waals surface area contributed by atoms with E-state index in [2.05, 4.69) is 22.0 Å². The van der Waals surface area contributed by atoms with E-state index in [9.17, 15) is 4.39 Å². The summed E-state index contributed by atoms with van der Waals surface area (Å²) in [5.41, 5.74) is 0.601. The van der Waals surface area contributed by atoms with Crippen molar-refractivity contribution < 1.29 is 9.13 Å². The van der Waals surface area contributed by atoms with Crippen LogP contribution in [0, 0.1) is 22.6 Å². The number of hydrogen-bond donors (Lipinski definition) is 0. The average molecular weight is 328 g/mol. The summed E-state index contributed by atoms with van der Waals surface area (Å²) in [4.78, 5) is 0. The molecule has 0 atom stereocenters. The van der Waals surface area contributed by atoms with Gasteiger partial charge in [0.05, 0.1) is 18.1 Å². The zero-order chi connectivity index (χ0) is 14.3. The molecule has 0 unspecified atom stereocenters. The van der Waals surface area contributed by atoms with Gasteiger partial charge in [-0.2, -0.15) is 5.26 Å². The van der Waals surface area contributed by atoms with Gasteiger partial charge in [0.1, 0.15) is 0 Å². The molecule has 0 aliphatic heterocycles. The van der Waals surface area contributed by atoms with Crippen molar-refractivity contribution in [2.24, 2.45) is 5.41 Å². The molecule has 0 spiro atoms. The van der Waals surface area contributed by atoms with E-state index in [1.807, 2.05) is 19.9 Å². The van der Waals surface area contributed by atoms with E-state index in [0.717, 1.165) is 24.8 Å². The van der Waals surface area contributed by atoms with Gasteiger partial charge < -0.3 is 4.74 Å². The summed E-state index contributed by atoms with van der Waals surface area (Å²) in [6.07, 6.45) is 2.56. The first-order valence-corrected chi connectivity index (χ1v) is 7.49. The third kappa shape index (κ3) is 5.61. The van der Waals surface area contributed by atoms with Crippen molar-refractivity contribution in [2.75, 3.05) is 6.61 Å². The highest BCUT2D eigenvalue weighted by atomic mass is 79.9. The van der Waals surface area contributed by atoms with Crippen molar-refractivity contribution in [1.29, 1.82) is 5.26 Å². The highest BCUT2D eigenvalue weighted by Gasteiger charge is 2.15. The zero-order valence-electron chi connectivity index (χ0n) is 11.4. The largest absolute Gasteiger partial charge is 0.491 e. The fraction of sp³-hybridized carbons (Fsp3) is 0.533. The fourth-order valence-corrected chi connectivity index (χ4v) is 2.00. The lowest BCUT2D eigenvalue weighted by molar-refractivity contribution is 0.282. The standard InChI is InChI=1S/C15H19BrFNO/c1-15(2,11-18)7-3-4-8-19-14-6-5-12(10-16)9-13(14)17/h5-6,9H,3-4,7-8,10H2,1-2H3. The average Bonchev–Trinajstić information content (AvgIpc) is 2.39. The third-order valence-corrected chi connectivity index (χ3v) is 3.55. The number of unbranched alkanes of at least 4 members (excludes halogenated alkanes) is 1. The first kappa shape index (κ1) is 16.0. The summed E-state index contributed by atoms with van der Waals surface area (Å²) in [7, 11) is 0. The molecule has 0 N–H and O–H groups in total. The molecular formula is C15H19BrFNO. The lowest BCUT2D eigenvalue weighted by atomic mass is 9.89. The second-order valence-corrected chi connectivity index (χ2v) is 5.76. The molecule has 2 nitrogen and oxygen atoms in total. The van der Waals surface area contributed by atoms with Crippen LogP contribution in [0.3, 0.4) is 0 Å². The van der Waals surface area contributed by atoms with Crippen molar-refractivity contribution in [3.63, 3.8) is 0 Å². The summed E-state index contributed by atoms with van der Waals surface area (Å²) in [6.45, 7) is 4.32. The summed E-state index contributed by atoms with van der Waals surface area (Å²) < 4.78 is 19.0. The molecule has 0 amide bonds. The Labute approximate surface area is 122 Å². The second kappa shape index (κ2) is 7.49. The predicted molar refractivity (Wildman–Crippen MR) is 77.8 cm³/mol. The first-order chi connectivity index (χ1) is 8.98. The van der Waals surface area contributed by atoms with Crippen LogP contribution in [0.4, 0.5) is 4.39 Å². The van der Waals surface area contributed by atoms with Crippen LogP contribution >= 0.6 is 15.9 Å². The number of nitriles is 1. The predicted octanol–water partition coefficient (Wildman–Crippen LogP) is 4.82. The van der Waals surface area contributed by atoms with Gasteiger partial charge in [0.25, 0.3) is 0 Å². The van der Waals surface area contributed by atoms with Gasteiger partial charge in [-0.15, -0.1) is 0 Å². The van der Waals surface area contributed by atoms with Gasteiger partial charge in [-0.05, 0) is 50.8 Å². The minimum Gasteiger partial charge on any atom is -0.491 e. The first-order valence-electron chi connectivity index (χ1n) is 6.37. The third-order valence-electron chi connectivity index (χ3n) is 2.91. The van der Waals surface area contributed by atoms with Gasteiger partial charge in [-0.1, -0.05) is 22.0 Å². The molecule has 0 aromatic heterocycles. The Balaban J connectivity index is 2.32. The normalized spacial score (nSPS) is 11.1. The smallest absolute Gasteiger partial charge is 0.165 e. The van der Waals surface area contributed by atoms with Crippen LogP contribution in [0.25, 0.3) is 0 Å². The van der Waals surface area contributed by atoms with E-state index in [1.165, 1.54) is 6.07 Å². The Hall–Kier alpha value is -1.08.